The number of hydrogen-bond acceptors (Lipinski definition) is 5. The van der Waals surface area contributed by atoms with Crippen LogP contribution >= 0.6 is 0 Å². The van der Waals surface area contributed by atoms with Crippen molar-refractivity contribution < 1.29 is 4.79 Å². The second kappa shape index (κ2) is 7.86. The Morgan fingerprint density at radius 1 is 1.10 bits per heavy atom. The van der Waals surface area contributed by atoms with Gasteiger partial charge in [0.1, 0.15) is 5.82 Å². The zero-order valence-corrected chi connectivity index (χ0v) is 17.3. The van der Waals surface area contributed by atoms with Crippen LogP contribution in [0.1, 0.15) is 83.4 Å². The Balaban J connectivity index is 1.34. The highest BCUT2D eigenvalue weighted by Gasteiger charge is 2.29. The van der Waals surface area contributed by atoms with E-state index < -0.39 is 0 Å². The summed E-state index contributed by atoms with van der Waals surface area (Å²) < 4.78 is 0. The van der Waals surface area contributed by atoms with Crippen molar-refractivity contribution >= 4 is 5.91 Å². The van der Waals surface area contributed by atoms with Crippen molar-refractivity contribution in [2.24, 2.45) is 0 Å². The summed E-state index contributed by atoms with van der Waals surface area (Å²) in [5.41, 5.74) is 5.12. The summed E-state index contributed by atoms with van der Waals surface area (Å²) in [7, 11) is 2.17. The molecule has 0 bridgehead atoms. The number of amides is 1. The molecule has 0 aromatic carbocycles. The van der Waals surface area contributed by atoms with E-state index in [0.717, 1.165) is 67.0 Å². The Labute approximate surface area is 171 Å². The average Bonchev–Trinajstić information content (AvgIpc) is 3.01. The van der Waals surface area contributed by atoms with Crippen molar-refractivity contribution in [3.63, 3.8) is 0 Å². The van der Waals surface area contributed by atoms with Crippen molar-refractivity contribution in [2.75, 3.05) is 20.1 Å². The van der Waals surface area contributed by atoms with Gasteiger partial charge in [-0.25, -0.2) is 9.97 Å². The molecule has 1 unspecified atom stereocenters. The number of likely N-dealkylation sites (tertiary alicyclic amines) is 1. The van der Waals surface area contributed by atoms with Gasteiger partial charge in [-0.1, -0.05) is 12.8 Å². The van der Waals surface area contributed by atoms with Gasteiger partial charge in [0.15, 0.2) is 5.69 Å². The Hall–Kier alpha value is -2.28. The molecule has 29 heavy (non-hydrogen) atoms. The number of nitrogens with zero attached hydrogens (tertiary/aromatic N) is 5. The highest BCUT2D eigenvalue weighted by atomic mass is 16.2. The first kappa shape index (κ1) is 18.7. The number of aryl methyl sites for hydroxylation is 1. The molecule has 3 aliphatic rings. The van der Waals surface area contributed by atoms with Gasteiger partial charge in [0, 0.05) is 42.5 Å². The van der Waals surface area contributed by atoms with Crippen molar-refractivity contribution in [2.45, 2.75) is 70.4 Å². The third-order valence-electron chi connectivity index (χ3n) is 6.82. The Bertz CT molecular complexity index is 907. The molecule has 0 spiro atoms. The first-order valence-electron chi connectivity index (χ1n) is 11.1. The number of fused-ring (bicyclic) bond motifs is 2. The molecule has 1 N–H and O–H groups in total. The van der Waals surface area contributed by atoms with Gasteiger partial charge in [0.25, 0.3) is 5.91 Å². The van der Waals surface area contributed by atoms with Gasteiger partial charge in [-0.05, 0) is 52.1 Å². The third-order valence-corrected chi connectivity index (χ3v) is 6.82. The number of H-pyrrole nitrogens is 1. The summed E-state index contributed by atoms with van der Waals surface area (Å²) in [4.78, 5) is 27.1. The minimum Gasteiger partial charge on any atom is -0.332 e. The summed E-state index contributed by atoms with van der Waals surface area (Å²) in [5.74, 6) is 0.995. The summed E-state index contributed by atoms with van der Waals surface area (Å²) in [6.45, 7) is 2.39. The standard InChI is InChI=1S/C22H30N6O/c1-27-11-6-5-9-19(27)21-23-13-15-14-28(12-10-17(15)24-21)22(29)20-16-7-3-2-4-8-18(16)25-26-20/h13,19H,2-12,14H2,1H3,(H,25,26). The predicted molar refractivity (Wildman–Crippen MR) is 110 cm³/mol. The van der Waals surface area contributed by atoms with E-state index in [9.17, 15) is 4.79 Å². The van der Waals surface area contributed by atoms with E-state index in [4.69, 9.17) is 9.97 Å². The van der Waals surface area contributed by atoms with E-state index in [1.807, 2.05) is 11.1 Å². The SMILES string of the molecule is CN1CCCCC1c1ncc2c(n1)CCN(C(=O)c1n[nH]c3c1CCCCC3)C2. The lowest BCUT2D eigenvalue weighted by molar-refractivity contribution is 0.0725. The van der Waals surface area contributed by atoms with Crippen LogP contribution in [-0.2, 0) is 25.8 Å². The van der Waals surface area contributed by atoms with E-state index >= 15 is 0 Å². The number of aromatic amines is 1. The molecule has 154 valence electrons. The van der Waals surface area contributed by atoms with Crippen LogP contribution < -0.4 is 0 Å². The van der Waals surface area contributed by atoms with Crippen molar-refractivity contribution in [3.8, 4) is 0 Å². The summed E-state index contributed by atoms with van der Waals surface area (Å²) in [5, 5.41) is 7.53. The molecule has 2 aromatic heterocycles. The maximum atomic E-state index is 13.2. The zero-order valence-electron chi connectivity index (χ0n) is 17.3. The van der Waals surface area contributed by atoms with E-state index in [2.05, 4.69) is 22.1 Å². The molecule has 1 amide bonds. The Morgan fingerprint density at radius 3 is 2.90 bits per heavy atom. The van der Waals surface area contributed by atoms with E-state index in [1.54, 1.807) is 0 Å². The summed E-state index contributed by atoms with van der Waals surface area (Å²) >= 11 is 0. The highest BCUT2D eigenvalue weighted by molar-refractivity contribution is 5.94. The molecule has 2 aromatic rings. The number of aromatic nitrogens is 4. The van der Waals surface area contributed by atoms with Gasteiger partial charge in [-0.3, -0.25) is 14.8 Å². The lowest BCUT2D eigenvalue weighted by Crippen LogP contribution is -2.38. The predicted octanol–water partition coefficient (Wildman–Crippen LogP) is 2.82. The smallest absolute Gasteiger partial charge is 0.274 e. The topological polar surface area (TPSA) is 78.0 Å². The molecule has 0 radical (unpaired) electrons. The Kier molecular flexibility index (Phi) is 5.08. The minimum absolute atomic E-state index is 0.0474. The molecular weight excluding hydrogens is 364 g/mol. The lowest BCUT2D eigenvalue weighted by atomic mass is 10.0. The highest BCUT2D eigenvalue weighted by Crippen LogP contribution is 2.29. The van der Waals surface area contributed by atoms with Gasteiger partial charge in [-0.15, -0.1) is 0 Å². The molecule has 0 saturated carbocycles. The van der Waals surface area contributed by atoms with Gasteiger partial charge in [0.05, 0.1) is 11.7 Å². The summed E-state index contributed by atoms with van der Waals surface area (Å²) in [6, 6.07) is 0.327. The van der Waals surface area contributed by atoms with Crippen LogP contribution in [-0.4, -0.2) is 56.0 Å². The fourth-order valence-corrected chi connectivity index (χ4v) is 5.05. The molecule has 7 nitrogen and oxygen atoms in total. The fraction of sp³-hybridized carbons (Fsp3) is 0.636. The first-order valence-corrected chi connectivity index (χ1v) is 11.1. The number of rotatable bonds is 2. The van der Waals surface area contributed by atoms with Crippen LogP contribution in [0.15, 0.2) is 6.20 Å². The van der Waals surface area contributed by atoms with Gasteiger partial charge in [-0.2, -0.15) is 5.10 Å². The van der Waals surface area contributed by atoms with Gasteiger partial charge >= 0.3 is 0 Å². The largest absolute Gasteiger partial charge is 0.332 e. The van der Waals surface area contributed by atoms with E-state index in [0.29, 0.717) is 24.8 Å². The first-order chi connectivity index (χ1) is 14.2. The van der Waals surface area contributed by atoms with Crippen molar-refractivity contribution in [1.29, 1.82) is 0 Å². The molecule has 4 heterocycles. The normalized spacial score (nSPS) is 22.7. The van der Waals surface area contributed by atoms with Crippen LogP contribution in [0.4, 0.5) is 0 Å². The molecule has 2 aliphatic heterocycles. The van der Waals surface area contributed by atoms with Gasteiger partial charge in [0.2, 0.25) is 0 Å². The maximum Gasteiger partial charge on any atom is 0.274 e. The fourth-order valence-electron chi connectivity index (χ4n) is 5.05. The minimum atomic E-state index is 0.0474. The molecule has 1 atom stereocenters. The third kappa shape index (κ3) is 3.56. The number of carbonyl (C=O) groups is 1. The lowest BCUT2D eigenvalue weighted by Gasteiger charge is -2.32. The molecule has 1 aliphatic carbocycles. The number of nitrogens with one attached hydrogen (secondary N) is 1. The maximum absolute atomic E-state index is 13.2. The molecule has 1 saturated heterocycles. The average molecular weight is 395 g/mol. The monoisotopic (exact) mass is 394 g/mol. The second-order valence-corrected chi connectivity index (χ2v) is 8.76. The molecular formula is C22H30N6O. The second-order valence-electron chi connectivity index (χ2n) is 8.76. The van der Waals surface area contributed by atoms with Crippen LogP contribution in [0.25, 0.3) is 0 Å². The van der Waals surface area contributed by atoms with E-state index in [-0.39, 0.29) is 5.91 Å². The zero-order chi connectivity index (χ0) is 19.8. The van der Waals surface area contributed by atoms with Crippen LogP contribution in [0.2, 0.25) is 0 Å². The summed E-state index contributed by atoms with van der Waals surface area (Å²) in [6.07, 6.45) is 11.9. The number of carbonyl (C=O) groups excluding carboxylic acids is 1. The van der Waals surface area contributed by atoms with Crippen LogP contribution in [0.3, 0.4) is 0 Å². The van der Waals surface area contributed by atoms with E-state index in [1.165, 1.54) is 25.7 Å². The van der Waals surface area contributed by atoms with Crippen LogP contribution in [0.5, 0.6) is 0 Å². The van der Waals surface area contributed by atoms with Crippen molar-refractivity contribution in [3.05, 3.63) is 40.2 Å². The van der Waals surface area contributed by atoms with Crippen molar-refractivity contribution in [1.82, 2.24) is 30.0 Å². The van der Waals surface area contributed by atoms with Crippen LogP contribution in [0, 0.1) is 0 Å². The quantitative estimate of drug-likeness (QED) is 0.793. The number of hydrogen-bond donors (Lipinski definition) is 1. The number of piperidine rings is 1. The molecule has 7 heteroatoms. The van der Waals surface area contributed by atoms with Gasteiger partial charge < -0.3 is 4.90 Å². The molecule has 5 rings (SSSR count). The Morgan fingerprint density at radius 2 is 2.00 bits per heavy atom. The molecule has 1 fully saturated rings.